The van der Waals surface area contributed by atoms with Crippen LogP contribution < -0.4 is 16.6 Å². The number of nitrogen functional groups attached to an aromatic ring is 1. The molecule has 1 aromatic rings. The zero-order valence-electron chi connectivity index (χ0n) is 11.7. The van der Waals surface area contributed by atoms with Gasteiger partial charge in [0, 0.05) is 11.6 Å². The van der Waals surface area contributed by atoms with Gasteiger partial charge in [-0.25, -0.2) is 0 Å². The van der Waals surface area contributed by atoms with Crippen molar-refractivity contribution in [3.05, 3.63) is 29.3 Å². The number of benzene rings is 1. The lowest BCUT2D eigenvalue weighted by molar-refractivity contribution is 0.0927. The molecule has 19 heavy (non-hydrogen) atoms. The first-order valence-corrected chi connectivity index (χ1v) is 7.00. The fraction of sp³-hybridized carbons (Fsp3) is 0.533. The third-order valence-electron chi connectivity index (χ3n) is 4.11. The lowest BCUT2D eigenvalue weighted by Crippen LogP contribution is -2.37. The molecule has 4 nitrogen and oxygen atoms in total. The van der Waals surface area contributed by atoms with Crippen LogP contribution in [0.4, 0.5) is 5.69 Å². The van der Waals surface area contributed by atoms with Gasteiger partial charge >= 0.3 is 0 Å². The van der Waals surface area contributed by atoms with E-state index in [1.54, 1.807) is 6.07 Å². The fourth-order valence-electron chi connectivity index (χ4n) is 2.83. The summed E-state index contributed by atoms with van der Waals surface area (Å²) in [6, 6.07) is 5.76. The molecular formula is C15H23N3O. The summed E-state index contributed by atoms with van der Waals surface area (Å²) in [7, 11) is 0. The second-order valence-corrected chi connectivity index (χ2v) is 5.48. The van der Waals surface area contributed by atoms with Crippen LogP contribution >= 0.6 is 0 Å². The molecule has 0 heterocycles. The Morgan fingerprint density at radius 2 is 2.05 bits per heavy atom. The predicted octanol–water partition coefficient (Wildman–Crippen LogP) is 2.59. The standard InChI is InChI=1S/C15H23N3O/c1-10-9-13(7-8-14(10)18-16)15(19)17-11(2)12-5-3-4-6-12/h7-9,11-12,18H,3-6,16H2,1-2H3,(H,17,19). The normalized spacial score (nSPS) is 17.2. The molecule has 2 rings (SSSR count). The van der Waals surface area contributed by atoms with Gasteiger partial charge in [-0.05, 0) is 56.4 Å². The quantitative estimate of drug-likeness (QED) is 0.576. The number of anilines is 1. The van der Waals surface area contributed by atoms with E-state index in [9.17, 15) is 4.79 Å². The van der Waals surface area contributed by atoms with Crippen LogP contribution in [0, 0.1) is 12.8 Å². The first-order chi connectivity index (χ1) is 9.11. The zero-order valence-corrected chi connectivity index (χ0v) is 11.7. The largest absolute Gasteiger partial charge is 0.349 e. The molecule has 0 radical (unpaired) electrons. The lowest BCUT2D eigenvalue weighted by atomic mass is 9.99. The lowest BCUT2D eigenvalue weighted by Gasteiger charge is -2.20. The van der Waals surface area contributed by atoms with Gasteiger partial charge in [0.2, 0.25) is 0 Å². The second kappa shape index (κ2) is 6.06. The molecule has 0 bridgehead atoms. The fourth-order valence-corrected chi connectivity index (χ4v) is 2.83. The summed E-state index contributed by atoms with van der Waals surface area (Å²) in [5.74, 6) is 6.03. The van der Waals surface area contributed by atoms with Crippen LogP contribution in [0.2, 0.25) is 0 Å². The summed E-state index contributed by atoms with van der Waals surface area (Å²) in [4.78, 5) is 12.2. The van der Waals surface area contributed by atoms with E-state index in [1.165, 1.54) is 25.7 Å². The Labute approximate surface area is 114 Å². The molecule has 1 saturated carbocycles. The van der Waals surface area contributed by atoms with Gasteiger partial charge < -0.3 is 10.7 Å². The van der Waals surface area contributed by atoms with Crippen LogP contribution in [0.25, 0.3) is 0 Å². The Kier molecular flexibility index (Phi) is 4.43. The average Bonchev–Trinajstić information content (AvgIpc) is 2.92. The highest BCUT2D eigenvalue weighted by Gasteiger charge is 2.23. The number of aryl methyl sites for hydroxylation is 1. The maximum atomic E-state index is 12.2. The molecule has 1 amide bonds. The summed E-state index contributed by atoms with van der Waals surface area (Å²) >= 11 is 0. The molecule has 4 heteroatoms. The maximum Gasteiger partial charge on any atom is 0.251 e. The van der Waals surface area contributed by atoms with E-state index in [4.69, 9.17) is 5.84 Å². The van der Waals surface area contributed by atoms with Gasteiger partial charge in [-0.3, -0.25) is 10.6 Å². The van der Waals surface area contributed by atoms with Crippen LogP contribution in [0.3, 0.4) is 0 Å². The number of nitrogens with two attached hydrogens (primary N) is 1. The number of carbonyl (C=O) groups excluding carboxylic acids is 1. The van der Waals surface area contributed by atoms with Gasteiger partial charge in [-0.2, -0.15) is 0 Å². The van der Waals surface area contributed by atoms with E-state index in [0.29, 0.717) is 11.5 Å². The molecule has 1 fully saturated rings. The molecule has 0 aliphatic heterocycles. The minimum atomic E-state index is 0.00562. The van der Waals surface area contributed by atoms with Crippen LogP contribution in [0.5, 0.6) is 0 Å². The number of amides is 1. The molecule has 0 spiro atoms. The van der Waals surface area contributed by atoms with Crippen molar-refractivity contribution in [2.75, 3.05) is 5.43 Å². The van der Waals surface area contributed by atoms with Crippen molar-refractivity contribution in [1.29, 1.82) is 0 Å². The van der Waals surface area contributed by atoms with Crippen molar-refractivity contribution < 1.29 is 4.79 Å². The Hall–Kier alpha value is -1.55. The van der Waals surface area contributed by atoms with Crippen molar-refractivity contribution in [2.45, 2.75) is 45.6 Å². The molecule has 104 valence electrons. The molecule has 1 atom stereocenters. The number of nitrogens with one attached hydrogen (secondary N) is 2. The minimum Gasteiger partial charge on any atom is -0.349 e. The molecule has 1 aromatic carbocycles. The second-order valence-electron chi connectivity index (χ2n) is 5.48. The molecule has 1 aliphatic rings. The average molecular weight is 261 g/mol. The first-order valence-electron chi connectivity index (χ1n) is 7.00. The number of carbonyl (C=O) groups is 1. The van der Waals surface area contributed by atoms with Crippen molar-refractivity contribution >= 4 is 11.6 Å². The third-order valence-corrected chi connectivity index (χ3v) is 4.11. The number of hydrogen-bond donors (Lipinski definition) is 3. The summed E-state index contributed by atoms with van der Waals surface area (Å²) < 4.78 is 0. The number of rotatable bonds is 4. The summed E-state index contributed by atoms with van der Waals surface area (Å²) in [5, 5.41) is 3.11. The Morgan fingerprint density at radius 1 is 1.37 bits per heavy atom. The molecule has 1 aliphatic carbocycles. The number of hydrogen-bond acceptors (Lipinski definition) is 3. The van der Waals surface area contributed by atoms with Crippen LogP contribution in [0.15, 0.2) is 18.2 Å². The molecule has 0 aromatic heterocycles. The van der Waals surface area contributed by atoms with E-state index in [2.05, 4.69) is 17.7 Å². The monoisotopic (exact) mass is 261 g/mol. The topological polar surface area (TPSA) is 67.2 Å². The summed E-state index contributed by atoms with van der Waals surface area (Å²) in [6.07, 6.45) is 5.05. The van der Waals surface area contributed by atoms with Gasteiger partial charge in [0.05, 0.1) is 5.69 Å². The molecular weight excluding hydrogens is 238 g/mol. The van der Waals surface area contributed by atoms with Gasteiger partial charge in [-0.15, -0.1) is 0 Å². The van der Waals surface area contributed by atoms with E-state index in [0.717, 1.165) is 11.3 Å². The summed E-state index contributed by atoms with van der Waals surface area (Å²) in [6.45, 7) is 4.04. The molecule has 0 saturated heterocycles. The van der Waals surface area contributed by atoms with Crippen LogP contribution in [0.1, 0.15) is 48.5 Å². The Balaban J connectivity index is 2.01. The molecule has 4 N–H and O–H groups in total. The summed E-state index contributed by atoms with van der Waals surface area (Å²) in [5.41, 5.74) is 5.13. The Morgan fingerprint density at radius 3 is 2.63 bits per heavy atom. The van der Waals surface area contributed by atoms with E-state index < -0.39 is 0 Å². The van der Waals surface area contributed by atoms with Crippen molar-refractivity contribution in [1.82, 2.24) is 5.32 Å². The third kappa shape index (κ3) is 3.26. The van der Waals surface area contributed by atoms with Crippen molar-refractivity contribution in [2.24, 2.45) is 11.8 Å². The van der Waals surface area contributed by atoms with Crippen molar-refractivity contribution in [3.63, 3.8) is 0 Å². The van der Waals surface area contributed by atoms with Crippen LogP contribution in [-0.4, -0.2) is 11.9 Å². The SMILES string of the molecule is Cc1cc(C(=O)NC(C)C2CCCC2)ccc1NN. The zero-order chi connectivity index (χ0) is 13.8. The van der Waals surface area contributed by atoms with Gasteiger partial charge in [-0.1, -0.05) is 12.8 Å². The van der Waals surface area contributed by atoms with Crippen LogP contribution in [-0.2, 0) is 0 Å². The first kappa shape index (κ1) is 13.9. The smallest absolute Gasteiger partial charge is 0.251 e. The Bertz CT molecular complexity index is 453. The van der Waals surface area contributed by atoms with Gasteiger partial charge in [0.15, 0.2) is 0 Å². The maximum absolute atomic E-state index is 12.2. The van der Waals surface area contributed by atoms with Crippen molar-refractivity contribution in [3.8, 4) is 0 Å². The minimum absolute atomic E-state index is 0.00562. The highest BCUT2D eigenvalue weighted by Crippen LogP contribution is 2.27. The highest BCUT2D eigenvalue weighted by atomic mass is 16.1. The highest BCUT2D eigenvalue weighted by molar-refractivity contribution is 5.95. The van der Waals surface area contributed by atoms with E-state index in [-0.39, 0.29) is 11.9 Å². The van der Waals surface area contributed by atoms with Gasteiger partial charge in [0.25, 0.3) is 5.91 Å². The number of hydrazine groups is 1. The molecule has 1 unspecified atom stereocenters. The van der Waals surface area contributed by atoms with E-state index >= 15 is 0 Å². The predicted molar refractivity (Wildman–Crippen MR) is 77.9 cm³/mol. The van der Waals surface area contributed by atoms with E-state index in [1.807, 2.05) is 19.1 Å². The van der Waals surface area contributed by atoms with Gasteiger partial charge in [0.1, 0.15) is 0 Å².